The van der Waals surface area contributed by atoms with Gasteiger partial charge < -0.3 is 10.1 Å². The number of hydrogen-bond donors (Lipinski definition) is 1. The topological polar surface area (TPSA) is 73.2 Å². The molecule has 150 valence electrons. The van der Waals surface area contributed by atoms with Crippen LogP contribution in [0.4, 0.5) is 5.82 Å². The number of carbonyl (C=O) groups is 2. The number of carbonyl (C=O) groups excluding carboxylic acids is 2. The molecule has 0 spiro atoms. The average Bonchev–Trinajstić information content (AvgIpc) is 3.29. The van der Waals surface area contributed by atoms with Crippen LogP contribution < -0.4 is 5.32 Å². The summed E-state index contributed by atoms with van der Waals surface area (Å²) in [6, 6.07) is 13.2. The zero-order valence-corrected chi connectivity index (χ0v) is 17.3. The van der Waals surface area contributed by atoms with E-state index in [0.717, 1.165) is 30.6 Å². The molecule has 0 unspecified atom stereocenters. The number of rotatable bonds is 5. The standard InChI is InChI=1S/C22H23N3O3S/c1-14-8-9-18-16(10-14)12-19(29-18)22(27)28-13-21(26)23-20-11-15(2)24-25(20)17-6-4-3-5-7-17/h3-7,11-12,14H,8-10,13H2,1-2H3,(H,23,26)/t14-/m0/s1. The van der Waals surface area contributed by atoms with Crippen LogP contribution in [0.2, 0.25) is 0 Å². The van der Waals surface area contributed by atoms with Crippen LogP contribution in [0.15, 0.2) is 42.5 Å². The van der Waals surface area contributed by atoms with Gasteiger partial charge in [-0.1, -0.05) is 25.1 Å². The van der Waals surface area contributed by atoms with Crippen LogP contribution in [-0.4, -0.2) is 28.3 Å². The first-order valence-corrected chi connectivity index (χ1v) is 10.5. The van der Waals surface area contributed by atoms with E-state index >= 15 is 0 Å². The Bertz CT molecular complexity index is 1040. The summed E-state index contributed by atoms with van der Waals surface area (Å²) in [5.74, 6) is 0.338. The normalized spacial score (nSPS) is 15.6. The van der Waals surface area contributed by atoms with Crippen molar-refractivity contribution in [3.63, 3.8) is 0 Å². The van der Waals surface area contributed by atoms with Crippen LogP contribution in [0.25, 0.3) is 5.69 Å². The number of aryl methyl sites for hydroxylation is 2. The van der Waals surface area contributed by atoms with Crippen LogP contribution in [0.1, 0.15) is 39.2 Å². The second-order valence-electron chi connectivity index (χ2n) is 7.45. The quantitative estimate of drug-likeness (QED) is 0.642. The molecule has 0 aliphatic heterocycles. The van der Waals surface area contributed by atoms with Crippen LogP contribution >= 0.6 is 11.3 Å². The van der Waals surface area contributed by atoms with Crippen molar-refractivity contribution < 1.29 is 14.3 Å². The number of thiophene rings is 1. The Balaban J connectivity index is 1.38. The van der Waals surface area contributed by atoms with E-state index in [1.807, 2.05) is 43.3 Å². The van der Waals surface area contributed by atoms with Crippen molar-refractivity contribution in [1.82, 2.24) is 9.78 Å². The van der Waals surface area contributed by atoms with Gasteiger partial charge in [0.25, 0.3) is 5.91 Å². The van der Waals surface area contributed by atoms with E-state index in [1.165, 1.54) is 21.8 Å². The molecule has 6 nitrogen and oxygen atoms in total. The third kappa shape index (κ3) is 4.40. The summed E-state index contributed by atoms with van der Waals surface area (Å²) in [5, 5.41) is 7.19. The van der Waals surface area contributed by atoms with Crippen molar-refractivity contribution in [3.8, 4) is 5.69 Å². The molecule has 1 N–H and O–H groups in total. The van der Waals surface area contributed by atoms with Crippen LogP contribution in [0.5, 0.6) is 0 Å². The Labute approximate surface area is 173 Å². The molecule has 2 aromatic heterocycles. The molecule has 0 saturated carbocycles. The molecular formula is C22H23N3O3S. The van der Waals surface area contributed by atoms with Gasteiger partial charge >= 0.3 is 5.97 Å². The van der Waals surface area contributed by atoms with E-state index in [2.05, 4.69) is 17.3 Å². The molecule has 0 bridgehead atoms. The summed E-state index contributed by atoms with van der Waals surface area (Å²) >= 11 is 1.48. The lowest BCUT2D eigenvalue weighted by Gasteiger charge is -2.16. The third-order valence-electron chi connectivity index (χ3n) is 4.96. The average molecular weight is 410 g/mol. The van der Waals surface area contributed by atoms with Crippen LogP contribution in [0, 0.1) is 12.8 Å². The zero-order chi connectivity index (χ0) is 20.4. The lowest BCUT2D eigenvalue weighted by atomic mass is 9.90. The molecule has 7 heteroatoms. The fourth-order valence-corrected chi connectivity index (χ4v) is 4.64. The minimum absolute atomic E-state index is 0.336. The van der Waals surface area contributed by atoms with Gasteiger partial charge in [-0.3, -0.25) is 4.79 Å². The van der Waals surface area contributed by atoms with Crippen molar-refractivity contribution in [2.75, 3.05) is 11.9 Å². The first-order chi connectivity index (χ1) is 14.0. The summed E-state index contributed by atoms with van der Waals surface area (Å²) in [6.45, 7) is 3.75. The fraction of sp³-hybridized carbons (Fsp3) is 0.318. The summed E-state index contributed by atoms with van der Waals surface area (Å²) in [7, 11) is 0. The first kappa shape index (κ1) is 19.4. The van der Waals surface area contributed by atoms with Crippen molar-refractivity contribution >= 4 is 29.0 Å². The minimum Gasteiger partial charge on any atom is -0.451 e. The first-order valence-electron chi connectivity index (χ1n) is 9.70. The summed E-state index contributed by atoms with van der Waals surface area (Å²) < 4.78 is 6.91. The van der Waals surface area contributed by atoms with Gasteiger partial charge in [-0.15, -0.1) is 11.3 Å². The van der Waals surface area contributed by atoms with E-state index in [9.17, 15) is 9.59 Å². The lowest BCUT2D eigenvalue weighted by Crippen LogP contribution is -2.22. The third-order valence-corrected chi connectivity index (χ3v) is 6.18. The maximum absolute atomic E-state index is 12.4. The van der Waals surface area contributed by atoms with E-state index in [-0.39, 0.29) is 6.61 Å². The monoisotopic (exact) mass is 409 g/mol. The Morgan fingerprint density at radius 1 is 1.28 bits per heavy atom. The van der Waals surface area contributed by atoms with Gasteiger partial charge in [0.05, 0.1) is 11.4 Å². The summed E-state index contributed by atoms with van der Waals surface area (Å²) in [6.07, 6.45) is 3.17. The molecule has 2 heterocycles. The van der Waals surface area contributed by atoms with Gasteiger partial charge in [0, 0.05) is 10.9 Å². The summed E-state index contributed by atoms with van der Waals surface area (Å²) in [5.41, 5.74) is 2.86. The number of fused-ring (bicyclic) bond motifs is 1. The van der Waals surface area contributed by atoms with Gasteiger partial charge in [-0.25, -0.2) is 9.48 Å². The van der Waals surface area contributed by atoms with Crippen LogP contribution in [-0.2, 0) is 22.4 Å². The summed E-state index contributed by atoms with van der Waals surface area (Å²) in [4.78, 5) is 26.6. The lowest BCUT2D eigenvalue weighted by molar-refractivity contribution is -0.119. The van der Waals surface area contributed by atoms with Crippen molar-refractivity contribution in [2.45, 2.75) is 33.1 Å². The molecule has 1 aliphatic rings. The molecule has 1 amide bonds. The number of ether oxygens (including phenoxy) is 1. The smallest absolute Gasteiger partial charge is 0.348 e. The van der Waals surface area contributed by atoms with E-state index in [4.69, 9.17) is 4.74 Å². The van der Waals surface area contributed by atoms with E-state index in [0.29, 0.717) is 16.6 Å². The van der Waals surface area contributed by atoms with Crippen molar-refractivity contribution in [3.05, 3.63) is 63.5 Å². The highest BCUT2D eigenvalue weighted by atomic mass is 32.1. The van der Waals surface area contributed by atoms with Gasteiger partial charge in [-0.05, 0) is 55.9 Å². The SMILES string of the molecule is Cc1cc(NC(=O)COC(=O)c2cc3c(s2)CC[C@H](C)C3)n(-c2ccccc2)n1. The van der Waals surface area contributed by atoms with Crippen LogP contribution in [0.3, 0.4) is 0 Å². The second kappa shape index (κ2) is 8.21. The molecule has 1 atom stereocenters. The fourth-order valence-electron chi connectivity index (χ4n) is 3.54. The van der Waals surface area contributed by atoms with E-state index < -0.39 is 11.9 Å². The highest BCUT2D eigenvalue weighted by Gasteiger charge is 2.22. The highest BCUT2D eigenvalue weighted by molar-refractivity contribution is 7.14. The second-order valence-corrected chi connectivity index (χ2v) is 8.59. The predicted octanol–water partition coefficient (Wildman–Crippen LogP) is 4.16. The number of anilines is 1. The number of nitrogens with one attached hydrogen (secondary N) is 1. The molecule has 0 radical (unpaired) electrons. The van der Waals surface area contributed by atoms with Gasteiger partial charge in [0.1, 0.15) is 10.7 Å². The molecular weight excluding hydrogens is 386 g/mol. The Morgan fingerprint density at radius 2 is 2.07 bits per heavy atom. The molecule has 0 saturated heterocycles. The maximum Gasteiger partial charge on any atom is 0.348 e. The molecule has 29 heavy (non-hydrogen) atoms. The van der Waals surface area contributed by atoms with Gasteiger partial charge in [0.2, 0.25) is 0 Å². The molecule has 3 aromatic rings. The number of hydrogen-bond acceptors (Lipinski definition) is 5. The number of aromatic nitrogens is 2. The number of amides is 1. The predicted molar refractivity (Wildman–Crippen MR) is 113 cm³/mol. The van der Waals surface area contributed by atoms with Gasteiger partial charge in [0.15, 0.2) is 6.61 Å². The molecule has 4 rings (SSSR count). The Hall–Kier alpha value is -2.93. The largest absolute Gasteiger partial charge is 0.451 e. The molecule has 1 aromatic carbocycles. The van der Waals surface area contributed by atoms with E-state index in [1.54, 1.807) is 10.7 Å². The highest BCUT2D eigenvalue weighted by Crippen LogP contribution is 2.32. The zero-order valence-electron chi connectivity index (χ0n) is 16.5. The maximum atomic E-state index is 12.4. The van der Waals surface area contributed by atoms with Gasteiger partial charge in [-0.2, -0.15) is 5.10 Å². The molecule has 1 aliphatic carbocycles. The number of benzene rings is 1. The number of para-hydroxylation sites is 1. The molecule has 0 fully saturated rings. The Kier molecular flexibility index (Phi) is 5.49. The number of nitrogens with zero attached hydrogens (tertiary/aromatic N) is 2. The van der Waals surface area contributed by atoms with Crippen molar-refractivity contribution in [2.24, 2.45) is 5.92 Å². The minimum atomic E-state index is -0.444. The Morgan fingerprint density at radius 3 is 2.86 bits per heavy atom. The number of esters is 1. The van der Waals surface area contributed by atoms with Crippen molar-refractivity contribution in [1.29, 1.82) is 0 Å².